The molecular formula is C24H32N2O5. The number of amides is 1. The first-order valence-electron chi connectivity index (χ1n) is 10.8. The van der Waals surface area contributed by atoms with Crippen molar-refractivity contribution in [1.29, 1.82) is 0 Å². The van der Waals surface area contributed by atoms with Gasteiger partial charge in [0.05, 0.1) is 32.6 Å². The SMILES string of the molecule is CCCOc1ccc(/C=N/NC(=O)c2ccc(OCCC)c(OCC)c2)cc1OCC. The Labute approximate surface area is 184 Å². The van der Waals surface area contributed by atoms with Gasteiger partial charge < -0.3 is 18.9 Å². The van der Waals surface area contributed by atoms with Crippen LogP contribution in [0.5, 0.6) is 23.0 Å². The molecule has 7 heteroatoms. The zero-order valence-corrected chi connectivity index (χ0v) is 18.8. The fraction of sp³-hybridized carbons (Fsp3) is 0.417. The van der Waals surface area contributed by atoms with Crippen molar-refractivity contribution in [3.05, 3.63) is 47.5 Å². The van der Waals surface area contributed by atoms with E-state index < -0.39 is 0 Å². The minimum absolute atomic E-state index is 0.341. The third kappa shape index (κ3) is 7.51. The number of hydrogen-bond donors (Lipinski definition) is 1. The molecule has 0 fully saturated rings. The van der Waals surface area contributed by atoms with Crippen molar-refractivity contribution < 1.29 is 23.7 Å². The van der Waals surface area contributed by atoms with Crippen LogP contribution in [-0.4, -0.2) is 38.5 Å². The van der Waals surface area contributed by atoms with Crippen LogP contribution in [0, 0.1) is 0 Å². The van der Waals surface area contributed by atoms with Gasteiger partial charge in [-0.15, -0.1) is 0 Å². The van der Waals surface area contributed by atoms with Crippen LogP contribution in [0.25, 0.3) is 0 Å². The summed E-state index contributed by atoms with van der Waals surface area (Å²) >= 11 is 0. The lowest BCUT2D eigenvalue weighted by Gasteiger charge is -2.12. The molecule has 0 aliphatic rings. The first-order chi connectivity index (χ1) is 15.1. The van der Waals surface area contributed by atoms with Gasteiger partial charge in [-0.25, -0.2) is 5.43 Å². The molecule has 0 unspecified atom stereocenters. The normalized spacial score (nSPS) is 10.7. The molecule has 2 aromatic carbocycles. The second-order valence-corrected chi connectivity index (χ2v) is 6.63. The Kier molecular flexibility index (Phi) is 10.2. The molecule has 0 aliphatic heterocycles. The molecule has 0 aliphatic carbocycles. The van der Waals surface area contributed by atoms with Gasteiger partial charge in [-0.2, -0.15) is 5.10 Å². The molecule has 0 aromatic heterocycles. The fourth-order valence-electron chi connectivity index (χ4n) is 2.68. The highest BCUT2D eigenvalue weighted by atomic mass is 16.5. The Balaban J connectivity index is 2.07. The maximum Gasteiger partial charge on any atom is 0.271 e. The van der Waals surface area contributed by atoms with Crippen molar-refractivity contribution >= 4 is 12.1 Å². The number of hydrogen-bond acceptors (Lipinski definition) is 6. The van der Waals surface area contributed by atoms with Gasteiger partial charge in [0, 0.05) is 5.56 Å². The molecule has 1 N–H and O–H groups in total. The summed E-state index contributed by atoms with van der Waals surface area (Å²) in [5, 5.41) is 4.07. The Morgan fingerprint density at radius 3 is 1.97 bits per heavy atom. The number of benzene rings is 2. The van der Waals surface area contributed by atoms with Gasteiger partial charge in [-0.05, 0) is 68.7 Å². The standard InChI is InChI=1S/C24H32N2O5/c1-5-13-30-20-11-9-18(15-22(20)28-7-3)17-25-26-24(27)19-10-12-21(31-14-6-2)23(16-19)29-8-4/h9-12,15-17H,5-8,13-14H2,1-4H3,(H,26,27)/b25-17+. The topological polar surface area (TPSA) is 78.4 Å². The van der Waals surface area contributed by atoms with Gasteiger partial charge in [0.2, 0.25) is 0 Å². The van der Waals surface area contributed by atoms with Crippen LogP contribution in [0.15, 0.2) is 41.5 Å². The second-order valence-electron chi connectivity index (χ2n) is 6.63. The number of nitrogens with one attached hydrogen (secondary N) is 1. The lowest BCUT2D eigenvalue weighted by atomic mass is 10.2. The van der Waals surface area contributed by atoms with Gasteiger partial charge >= 0.3 is 0 Å². The molecule has 1 amide bonds. The zero-order valence-electron chi connectivity index (χ0n) is 18.8. The number of hydrazone groups is 1. The molecule has 0 saturated heterocycles. The highest BCUT2D eigenvalue weighted by Crippen LogP contribution is 2.29. The summed E-state index contributed by atoms with van der Waals surface area (Å²) in [6, 6.07) is 10.6. The molecule has 0 atom stereocenters. The Hall–Kier alpha value is -3.22. The lowest BCUT2D eigenvalue weighted by molar-refractivity contribution is 0.0954. The maximum absolute atomic E-state index is 12.5. The first kappa shape index (κ1) is 24.1. The van der Waals surface area contributed by atoms with Crippen LogP contribution in [-0.2, 0) is 0 Å². The summed E-state index contributed by atoms with van der Waals surface area (Å²) in [6.07, 6.45) is 3.36. The van der Waals surface area contributed by atoms with Crippen LogP contribution in [0.1, 0.15) is 56.5 Å². The minimum atomic E-state index is -0.341. The van der Waals surface area contributed by atoms with Gasteiger partial charge in [-0.3, -0.25) is 4.79 Å². The molecule has 0 bridgehead atoms. The minimum Gasteiger partial charge on any atom is -0.490 e. The zero-order chi connectivity index (χ0) is 22.5. The third-order valence-electron chi connectivity index (χ3n) is 4.08. The number of rotatable bonds is 13. The Bertz CT molecular complexity index is 867. The molecule has 31 heavy (non-hydrogen) atoms. The van der Waals surface area contributed by atoms with E-state index in [4.69, 9.17) is 18.9 Å². The van der Waals surface area contributed by atoms with E-state index in [0.717, 1.165) is 18.4 Å². The predicted octanol–water partition coefficient (Wildman–Crippen LogP) is 4.83. The summed E-state index contributed by atoms with van der Waals surface area (Å²) in [5.74, 6) is 2.16. The molecule has 0 radical (unpaired) electrons. The summed E-state index contributed by atoms with van der Waals surface area (Å²) in [4.78, 5) is 12.5. The van der Waals surface area contributed by atoms with E-state index in [1.165, 1.54) is 0 Å². The smallest absolute Gasteiger partial charge is 0.271 e. The van der Waals surface area contributed by atoms with Crippen molar-refractivity contribution in [3.8, 4) is 23.0 Å². The monoisotopic (exact) mass is 428 g/mol. The average molecular weight is 429 g/mol. The fourth-order valence-corrected chi connectivity index (χ4v) is 2.68. The van der Waals surface area contributed by atoms with E-state index >= 15 is 0 Å². The highest BCUT2D eigenvalue weighted by Gasteiger charge is 2.11. The van der Waals surface area contributed by atoms with E-state index in [1.807, 2.05) is 45.9 Å². The molecular weight excluding hydrogens is 396 g/mol. The molecule has 168 valence electrons. The van der Waals surface area contributed by atoms with Crippen LogP contribution in [0.2, 0.25) is 0 Å². The molecule has 2 rings (SSSR count). The summed E-state index contributed by atoms with van der Waals surface area (Å²) in [5.41, 5.74) is 3.76. The van der Waals surface area contributed by atoms with Crippen molar-refractivity contribution in [1.82, 2.24) is 5.43 Å². The van der Waals surface area contributed by atoms with Crippen molar-refractivity contribution in [3.63, 3.8) is 0 Å². The number of carbonyl (C=O) groups excluding carboxylic acids is 1. The highest BCUT2D eigenvalue weighted by molar-refractivity contribution is 5.95. The molecule has 0 saturated carbocycles. The molecule has 0 spiro atoms. The third-order valence-corrected chi connectivity index (χ3v) is 4.08. The quantitative estimate of drug-likeness (QED) is 0.365. The number of ether oxygens (including phenoxy) is 4. The van der Waals surface area contributed by atoms with Gasteiger partial charge in [0.25, 0.3) is 5.91 Å². The molecule has 7 nitrogen and oxygen atoms in total. The summed E-state index contributed by atoms with van der Waals surface area (Å²) in [6.45, 7) is 10.1. The number of carbonyl (C=O) groups is 1. The van der Waals surface area contributed by atoms with Crippen LogP contribution < -0.4 is 24.4 Å². The lowest BCUT2D eigenvalue weighted by Crippen LogP contribution is -2.17. The summed E-state index contributed by atoms with van der Waals surface area (Å²) in [7, 11) is 0. The van der Waals surface area contributed by atoms with Crippen LogP contribution in [0.3, 0.4) is 0 Å². The van der Waals surface area contributed by atoms with Crippen molar-refractivity contribution in [2.24, 2.45) is 5.10 Å². The van der Waals surface area contributed by atoms with Crippen molar-refractivity contribution in [2.75, 3.05) is 26.4 Å². The second kappa shape index (κ2) is 13.2. The van der Waals surface area contributed by atoms with E-state index in [9.17, 15) is 4.79 Å². The maximum atomic E-state index is 12.5. The first-order valence-corrected chi connectivity index (χ1v) is 10.8. The molecule has 0 heterocycles. The van der Waals surface area contributed by atoms with Gasteiger partial charge in [-0.1, -0.05) is 13.8 Å². The number of nitrogens with zero attached hydrogens (tertiary/aromatic N) is 1. The molecule has 2 aromatic rings. The van der Waals surface area contributed by atoms with Gasteiger partial charge in [0.15, 0.2) is 23.0 Å². The van der Waals surface area contributed by atoms with Crippen molar-refractivity contribution in [2.45, 2.75) is 40.5 Å². The van der Waals surface area contributed by atoms with Gasteiger partial charge in [0.1, 0.15) is 0 Å². The summed E-state index contributed by atoms with van der Waals surface area (Å²) < 4.78 is 22.6. The van der Waals surface area contributed by atoms with Crippen LogP contribution in [0.4, 0.5) is 0 Å². The van der Waals surface area contributed by atoms with E-state index in [2.05, 4.69) is 10.5 Å². The Morgan fingerprint density at radius 2 is 1.39 bits per heavy atom. The van der Waals surface area contributed by atoms with E-state index in [0.29, 0.717) is 55.0 Å². The Morgan fingerprint density at radius 1 is 0.806 bits per heavy atom. The largest absolute Gasteiger partial charge is 0.490 e. The van der Waals surface area contributed by atoms with Crippen LogP contribution >= 0.6 is 0 Å². The van der Waals surface area contributed by atoms with E-state index in [1.54, 1.807) is 24.4 Å². The predicted molar refractivity (Wildman–Crippen MR) is 122 cm³/mol. The van der Waals surface area contributed by atoms with E-state index in [-0.39, 0.29) is 5.91 Å². The average Bonchev–Trinajstić information content (AvgIpc) is 2.78.